The molecule has 3 N–H and O–H groups in total. The smallest absolute Gasteiger partial charge is 0.231 e. The number of methoxy groups -OCH3 is 1. The maximum absolute atomic E-state index is 5.48. The molecule has 0 unspecified atom stereocenters. The lowest BCUT2D eigenvalue weighted by atomic mass is 10.2. The zero-order chi connectivity index (χ0) is 16.1. The molecule has 3 aliphatic rings. The number of ether oxygens (including phenoxy) is 3. The van der Waals surface area contributed by atoms with Crippen molar-refractivity contribution in [2.24, 2.45) is 0 Å². The molecule has 6 heteroatoms. The average molecular weight is 321 g/mol. The molecule has 0 atom stereocenters. The van der Waals surface area contributed by atoms with Crippen LogP contribution in [0.25, 0.3) is 22.0 Å². The van der Waals surface area contributed by atoms with E-state index in [-0.39, 0.29) is 6.79 Å². The van der Waals surface area contributed by atoms with Crippen LogP contribution in [0.3, 0.4) is 0 Å². The Kier molecular flexibility index (Phi) is 2.67. The normalized spacial score (nSPS) is 12.9. The van der Waals surface area contributed by atoms with Gasteiger partial charge in [0.25, 0.3) is 0 Å². The van der Waals surface area contributed by atoms with E-state index in [9.17, 15) is 0 Å². The van der Waals surface area contributed by atoms with E-state index >= 15 is 0 Å². The molecule has 2 aromatic rings. The average Bonchev–Trinajstić information content (AvgIpc) is 3.29. The van der Waals surface area contributed by atoms with Crippen molar-refractivity contribution in [3.8, 4) is 28.5 Å². The summed E-state index contributed by atoms with van der Waals surface area (Å²) in [5.41, 5.74) is 3.07. The van der Waals surface area contributed by atoms with E-state index in [1.165, 1.54) is 0 Å². The molecule has 1 aliphatic carbocycles. The molecule has 0 aromatic heterocycles. The van der Waals surface area contributed by atoms with Crippen molar-refractivity contribution in [1.29, 1.82) is 0 Å². The Balaban J connectivity index is 1.57. The molecule has 6 nitrogen and oxygen atoms in total. The minimum atomic E-state index is 0.282. The Hall–Kier alpha value is -3.28. The van der Waals surface area contributed by atoms with Gasteiger partial charge in [-0.3, -0.25) is 10.2 Å². The van der Waals surface area contributed by atoms with Crippen molar-refractivity contribution >= 4 is 22.3 Å². The molecular weight excluding hydrogens is 306 g/mol. The highest BCUT2D eigenvalue weighted by atomic mass is 16.7. The third kappa shape index (κ3) is 1.89. The highest BCUT2D eigenvalue weighted by Gasteiger charge is 2.21. The summed E-state index contributed by atoms with van der Waals surface area (Å²) in [6.07, 6.45) is 0. The molecule has 120 valence electrons. The molecule has 0 spiro atoms. The Morgan fingerprint density at radius 1 is 1.04 bits per heavy atom. The first-order chi connectivity index (χ1) is 11.8. The molecule has 0 saturated heterocycles. The lowest BCUT2D eigenvalue weighted by Gasteiger charge is -2.06. The minimum absolute atomic E-state index is 0.282. The first-order valence-corrected chi connectivity index (χ1v) is 7.65. The standard InChI is InChI=1S/C18H15N3O3/c1-22-12-4-2-3-11(7-12)19-18-14-5-10-6-15-16(24-9-23-15)8-13(10)17(14)20-21-18/h2-8,19-21H,9H2,1H3. The topological polar surface area (TPSA) is 71.3 Å². The number of aromatic amines is 2. The summed E-state index contributed by atoms with van der Waals surface area (Å²) in [7, 11) is 1.66. The summed E-state index contributed by atoms with van der Waals surface area (Å²) in [4.78, 5) is 0. The number of rotatable bonds is 3. The van der Waals surface area contributed by atoms with Gasteiger partial charge in [-0.25, -0.2) is 0 Å². The van der Waals surface area contributed by atoms with Gasteiger partial charge in [-0.1, -0.05) is 6.07 Å². The quantitative estimate of drug-likeness (QED) is 0.532. The molecule has 0 radical (unpaired) electrons. The van der Waals surface area contributed by atoms with Crippen LogP contribution < -0.4 is 19.5 Å². The van der Waals surface area contributed by atoms with Crippen LogP contribution in [0.1, 0.15) is 0 Å². The van der Waals surface area contributed by atoms with Gasteiger partial charge in [0, 0.05) is 22.7 Å². The van der Waals surface area contributed by atoms with Gasteiger partial charge in [-0.15, -0.1) is 0 Å². The molecule has 24 heavy (non-hydrogen) atoms. The number of hydrogen-bond donors (Lipinski definition) is 3. The van der Waals surface area contributed by atoms with Crippen molar-refractivity contribution in [3.05, 3.63) is 42.5 Å². The summed E-state index contributed by atoms with van der Waals surface area (Å²) >= 11 is 0. The van der Waals surface area contributed by atoms with E-state index < -0.39 is 0 Å². The molecule has 0 saturated carbocycles. The molecular formula is C18H15N3O3. The lowest BCUT2D eigenvalue weighted by molar-refractivity contribution is 0.174. The summed E-state index contributed by atoms with van der Waals surface area (Å²) in [6.45, 7) is 0.282. The minimum Gasteiger partial charge on any atom is -0.497 e. The third-order valence-electron chi connectivity index (χ3n) is 4.30. The van der Waals surface area contributed by atoms with Crippen molar-refractivity contribution in [1.82, 2.24) is 10.2 Å². The molecule has 2 aromatic carbocycles. The highest BCUT2D eigenvalue weighted by molar-refractivity contribution is 6.05. The van der Waals surface area contributed by atoms with Crippen LogP contribution in [0.15, 0.2) is 42.5 Å². The van der Waals surface area contributed by atoms with Gasteiger partial charge < -0.3 is 19.5 Å². The number of hydrogen-bond acceptors (Lipinski definition) is 4. The number of benzene rings is 2. The molecule has 5 rings (SSSR count). The summed E-state index contributed by atoms with van der Waals surface area (Å²) < 4.78 is 16.2. The van der Waals surface area contributed by atoms with Gasteiger partial charge in [0.1, 0.15) is 11.6 Å². The summed E-state index contributed by atoms with van der Waals surface area (Å²) in [6, 6.07) is 14.0. The van der Waals surface area contributed by atoms with Crippen LogP contribution in [0, 0.1) is 0 Å². The van der Waals surface area contributed by atoms with Crippen LogP contribution in [0.2, 0.25) is 0 Å². The maximum atomic E-state index is 5.48. The predicted octanol–water partition coefficient (Wildman–Crippen LogP) is 4.08. The van der Waals surface area contributed by atoms with E-state index in [4.69, 9.17) is 14.2 Å². The Bertz CT molecular complexity index is 1020. The van der Waals surface area contributed by atoms with Crippen LogP contribution in [0.5, 0.6) is 17.2 Å². The van der Waals surface area contributed by atoms with Gasteiger partial charge in [0.2, 0.25) is 6.79 Å². The molecule has 2 aliphatic heterocycles. The number of fused-ring (bicyclic) bond motifs is 4. The first kappa shape index (κ1) is 13.2. The monoisotopic (exact) mass is 321 g/mol. The predicted molar refractivity (Wildman–Crippen MR) is 91.7 cm³/mol. The highest BCUT2D eigenvalue weighted by Crippen LogP contribution is 2.44. The summed E-state index contributed by atoms with van der Waals surface area (Å²) in [5, 5.41) is 12.0. The van der Waals surface area contributed by atoms with Gasteiger partial charge in [0.15, 0.2) is 11.5 Å². The second kappa shape index (κ2) is 4.86. The molecule has 2 heterocycles. The summed E-state index contributed by atoms with van der Waals surface area (Å²) in [5.74, 6) is 3.29. The fraction of sp³-hybridized carbons (Fsp3) is 0.111. The van der Waals surface area contributed by atoms with Gasteiger partial charge in [0.05, 0.1) is 12.8 Å². The Labute approximate surface area is 137 Å². The van der Waals surface area contributed by atoms with E-state index in [0.717, 1.165) is 50.8 Å². The van der Waals surface area contributed by atoms with E-state index in [0.29, 0.717) is 0 Å². The fourth-order valence-corrected chi connectivity index (χ4v) is 3.13. The number of H-pyrrole nitrogens is 2. The van der Waals surface area contributed by atoms with Crippen LogP contribution in [-0.4, -0.2) is 24.1 Å². The van der Waals surface area contributed by atoms with Crippen LogP contribution >= 0.6 is 0 Å². The fourth-order valence-electron chi connectivity index (χ4n) is 3.13. The van der Waals surface area contributed by atoms with Gasteiger partial charge in [-0.2, -0.15) is 0 Å². The largest absolute Gasteiger partial charge is 0.497 e. The van der Waals surface area contributed by atoms with E-state index in [1.807, 2.05) is 36.4 Å². The third-order valence-corrected chi connectivity index (χ3v) is 4.30. The van der Waals surface area contributed by atoms with E-state index in [1.54, 1.807) is 7.11 Å². The first-order valence-electron chi connectivity index (χ1n) is 7.65. The van der Waals surface area contributed by atoms with Crippen molar-refractivity contribution < 1.29 is 14.2 Å². The zero-order valence-electron chi connectivity index (χ0n) is 13.0. The maximum Gasteiger partial charge on any atom is 0.231 e. The van der Waals surface area contributed by atoms with Crippen LogP contribution in [0.4, 0.5) is 11.5 Å². The van der Waals surface area contributed by atoms with Crippen molar-refractivity contribution in [2.45, 2.75) is 0 Å². The van der Waals surface area contributed by atoms with Gasteiger partial charge >= 0.3 is 0 Å². The molecule has 0 bridgehead atoms. The van der Waals surface area contributed by atoms with Crippen LogP contribution in [-0.2, 0) is 0 Å². The molecule has 0 amide bonds. The second-order valence-corrected chi connectivity index (χ2v) is 5.71. The Morgan fingerprint density at radius 3 is 2.79 bits per heavy atom. The van der Waals surface area contributed by atoms with Crippen molar-refractivity contribution in [2.75, 3.05) is 19.2 Å². The van der Waals surface area contributed by atoms with Gasteiger partial charge in [-0.05, 0) is 35.7 Å². The van der Waals surface area contributed by atoms with Crippen molar-refractivity contribution in [3.63, 3.8) is 0 Å². The number of anilines is 2. The number of nitrogens with one attached hydrogen (secondary N) is 3. The van der Waals surface area contributed by atoms with E-state index in [2.05, 4.69) is 21.6 Å². The SMILES string of the molecule is COc1cccc(Nc2[nH][nH]c3c4cc5c(cc4cc2-3)OCO5)c1. The zero-order valence-corrected chi connectivity index (χ0v) is 13.0. The lowest BCUT2D eigenvalue weighted by Crippen LogP contribution is -1.93. The number of aromatic nitrogens is 2. The second-order valence-electron chi connectivity index (χ2n) is 5.71. The Morgan fingerprint density at radius 2 is 1.92 bits per heavy atom. The molecule has 0 fully saturated rings.